The van der Waals surface area contributed by atoms with E-state index >= 15 is 0 Å². The standard InChI is InChI=1S/C13H17N/c1-10-8-14(13-7-12(10)13)9-11-5-3-2-4-6-11/h2-6,10,12-13H,7-9H2,1H3. The van der Waals surface area contributed by atoms with Gasteiger partial charge in [-0.1, -0.05) is 37.3 Å². The lowest BCUT2D eigenvalue weighted by molar-refractivity contribution is 0.274. The summed E-state index contributed by atoms with van der Waals surface area (Å²) in [5, 5.41) is 0. The van der Waals surface area contributed by atoms with Gasteiger partial charge in [0.05, 0.1) is 0 Å². The molecule has 3 atom stereocenters. The van der Waals surface area contributed by atoms with Gasteiger partial charge in [-0.3, -0.25) is 4.90 Å². The van der Waals surface area contributed by atoms with Gasteiger partial charge in [-0.15, -0.1) is 0 Å². The summed E-state index contributed by atoms with van der Waals surface area (Å²) < 4.78 is 0. The van der Waals surface area contributed by atoms with E-state index in [1.807, 2.05) is 0 Å². The summed E-state index contributed by atoms with van der Waals surface area (Å²) in [4.78, 5) is 2.66. The van der Waals surface area contributed by atoms with E-state index in [9.17, 15) is 0 Å². The first-order chi connectivity index (χ1) is 6.84. The van der Waals surface area contributed by atoms with Gasteiger partial charge in [0.15, 0.2) is 0 Å². The maximum absolute atomic E-state index is 2.66. The van der Waals surface area contributed by atoms with Crippen molar-refractivity contribution in [1.82, 2.24) is 4.90 Å². The first kappa shape index (κ1) is 8.49. The normalized spacial score (nSPS) is 35.6. The monoisotopic (exact) mass is 187 g/mol. The van der Waals surface area contributed by atoms with Crippen LogP contribution in [0.1, 0.15) is 18.9 Å². The third kappa shape index (κ3) is 1.36. The van der Waals surface area contributed by atoms with Crippen LogP contribution in [0.3, 0.4) is 0 Å². The fraction of sp³-hybridized carbons (Fsp3) is 0.538. The van der Waals surface area contributed by atoms with Gasteiger partial charge in [-0.05, 0) is 23.8 Å². The zero-order valence-electron chi connectivity index (χ0n) is 8.69. The van der Waals surface area contributed by atoms with Crippen LogP contribution in [0.5, 0.6) is 0 Å². The van der Waals surface area contributed by atoms with Crippen molar-refractivity contribution >= 4 is 0 Å². The van der Waals surface area contributed by atoms with Crippen molar-refractivity contribution in [3.05, 3.63) is 35.9 Å². The molecule has 1 aliphatic heterocycles. The maximum Gasteiger partial charge on any atom is 0.0236 e. The van der Waals surface area contributed by atoms with Gasteiger partial charge in [0.1, 0.15) is 0 Å². The molecule has 1 aromatic rings. The van der Waals surface area contributed by atoms with E-state index < -0.39 is 0 Å². The Kier molecular flexibility index (Phi) is 1.88. The smallest absolute Gasteiger partial charge is 0.0236 e. The minimum Gasteiger partial charge on any atom is -0.296 e. The summed E-state index contributed by atoms with van der Waals surface area (Å²) in [7, 11) is 0. The molecule has 0 amide bonds. The molecule has 1 saturated carbocycles. The van der Waals surface area contributed by atoms with Crippen LogP contribution in [-0.2, 0) is 6.54 Å². The molecule has 1 heteroatoms. The Hall–Kier alpha value is -0.820. The molecule has 1 heterocycles. The molecule has 0 radical (unpaired) electrons. The van der Waals surface area contributed by atoms with Gasteiger partial charge in [0, 0.05) is 19.1 Å². The van der Waals surface area contributed by atoms with Crippen molar-refractivity contribution < 1.29 is 0 Å². The molecule has 3 unspecified atom stereocenters. The van der Waals surface area contributed by atoms with Gasteiger partial charge < -0.3 is 0 Å². The van der Waals surface area contributed by atoms with Gasteiger partial charge >= 0.3 is 0 Å². The van der Waals surface area contributed by atoms with E-state index in [0.717, 1.165) is 24.4 Å². The summed E-state index contributed by atoms with van der Waals surface area (Å²) in [5.41, 5.74) is 1.47. The van der Waals surface area contributed by atoms with E-state index in [4.69, 9.17) is 0 Å². The van der Waals surface area contributed by atoms with Crippen molar-refractivity contribution in [3.63, 3.8) is 0 Å². The Morgan fingerprint density at radius 1 is 1.29 bits per heavy atom. The minimum absolute atomic E-state index is 0.921. The van der Waals surface area contributed by atoms with Crippen LogP contribution in [0.25, 0.3) is 0 Å². The molecule has 2 fully saturated rings. The van der Waals surface area contributed by atoms with Crippen molar-refractivity contribution in [2.45, 2.75) is 25.9 Å². The molecule has 0 bridgehead atoms. The Labute approximate surface area is 85.7 Å². The minimum atomic E-state index is 0.921. The molecular formula is C13H17N. The number of piperidine rings is 1. The lowest BCUT2D eigenvalue weighted by Crippen LogP contribution is -2.24. The van der Waals surface area contributed by atoms with Crippen molar-refractivity contribution in [3.8, 4) is 0 Å². The van der Waals surface area contributed by atoms with E-state index in [2.05, 4.69) is 42.2 Å². The number of hydrogen-bond donors (Lipinski definition) is 0. The number of nitrogens with zero attached hydrogens (tertiary/aromatic N) is 1. The molecule has 0 N–H and O–H groups in total. The number of benzene rings is 1. The Balaban J connectivity index is 1.69. The van der Waals surface area contributed by atoms with Crippen LogP contribution in [0.2, 0.25) is 0 Å². The molecule has 1 nitrogen and oxygen atoms in total. The fourth-order valence-electron chi connectivity index (χ4n) is 2.87. The third-order valence-corrected chi connectivity index (χ3v) is 3.76. The predicted molar refractivity (Wildman–Crippen MR) is 57.9 cm³/mol. The highest BCUT2D eigenvalue weighted by molar-refractivity contribution is 5.16. The van der Waals surface area contributed by atoms with Gasteiger partial charge in [-0.2, -0.15) is 0 Å². The lowest BCUT2D eigenvalue weighted by atomic mass is 10.1. The number of rotatable bonds is 2. The molecule has 14 heavy (non-hydrogen) atoms. The number of fused-ring (bicyclic) bond motifs is 1. The Bertz CT molecular complexity index is 319. The first-order valence-corrected chi connectivity index (χ1v) is 5.62. The highest BCUT2D eigenvalue weighted by Gasteiger charge is 2.50. The largest absolute Gasteiger partial charge is 0.296 e. The highest BCUT2D eigenvalue weighted by Crippen LogP contribution is 2.48. The Morgan fingerprint density at radius 2 is 2.07 bits per heavy atom. The lowest BCUT2D eigenvalue weighted by Gasteiger charge is -2.18. The van der Waals surface area contributed by atoms with Crippen LogP contribution in [0.4, 0.5) is 0 Å². The summed E-state index contributed by atoms with van der Waals surface area (Å²) >= 11 is 0. The van der Waals surface area contributed by atoms with Gasteiger partial charge in [-0.25, -0.2) is 0 Å². The molecule has 3 rings (SSSR count). The van der Waals surface area contributed by atoms with Crippen LogP contribution < -0.4 is 0 Å². The number of hydrogen-bond acceptors (Lipinski definition) is 1. The van der Waals surface area contributed by atoms with E-state index in [-0.39, 0.29) is 0 Å². The molecule has 74 valence electrons. The molecule has 0 aromatic heterocycles. The fourth-order valence-corrected chi connectivity index (χ4v) is 2.87. The third-order valence-electron chi connectivity index (χ3n) is 3.76. The summed E-state index contributed by atoms with van der Waals surface area (Å²) in [6.45, 7) is 4.87. The van der Waals surface area contributed by atoms with Crippen LogP contribution >= 0.6 is 0 Å². The highest BCUT2D eigenvalue weighted by atomic mass is 15.2. The first-order valence-electron chi connectivity index (χ1n) is 5.62. The maximum atomic E-state index is 2.66. The van der Waals surface area contributed by atoms with E-state index in [1.165, 1.54) is 18.5 Å². The zero-order valence-corrected chi connectivity index (χ0v) is 8.69. The molecule has 1 saturated heterocycles. The van der Waals surface area contributed by atoms with E-state index in [1.54, 1.807) is 0 Å². The van der Waals surface area contributed by atoms with Crippen molar-refractivity contribution in [1.29, 1.82) is 0 Å². The van der Waals surface area contributed by atoms with Crippen molar-refractivity contribution in [2.24, 2.45) is 11.8 Å². The number of likely N-dealkylation sites (tertiary alicyclic amines) is 1. The average Bonchev–Trinajstić information content (AvgIpc) is 2.92. The zero-order chi connectivity index (χ0) is 9.54. The summed E-state index contributed by atoms with van der Waals surface area (Å²) in [6, 6.07) is 11.8. The Morgan fingerprint density at radius 3 is 2.64 bits per heavy atom. The van der Waals surface area contributed by atoms with Crippen molar-refractivity contribution in [2.75, 3.05) is 6.54 Å². The quantitative estimate of drug-likeness (QED) is 0.687. The molecule has 1 aliphatic carbocycles. The topological polar surface area (TPSA) is 3.24 Å². The molecule has 1 aromatic carbocycles. The van der Waals surface area contributed by atoms with E-state index in [0.29, 0.717) is 0 Å². The second-order valence-electron chi connectivity index (χ2n) is 4.86. The van der Waals surface area contributed by atoms with Crippen LogP contribution in [0.15, 0.2) is 30.3 Å². The summed E-state index contributed by atoms with van der Waals surface area (Å²) in [5.74, 6) is 1.96. The molecule has 0 spiro atoms. The molecular weight excluding hydrogens is 170 g/mol. The van der Waals surface area contributed by atoms with Gasteiger partial charge in [0.2, 0.25) is 0 Å². The average molecular weight is 187 g/mol. The predicted octanol–water partition coefficient (Wildman–Crippen LogP) is 2.53. The second kappa shape index (κ2) is 3.09. The second-order valence-corrected chi connectivity index (χ2v) is 4.86. The summed E-state index contributed by atoms with van der Waals surface area (Å²) in [6.07, 6.45) is 1.45. The molecule has 2 aliphatic rings. The SMILES string of the molecule is CC1CN(Cc2ccccc2)C2CC12. The van der Waals surface area contributed by atoms with Gasteiger partial charge in [0.25, 0.3) is 0 Å². The van der Waals surface area contributed by atoms with Crippen LogP contribution in [-0.4, -0.2) is 17.5 Å². The van der Waals surface area contributed by atoms with Crippen LogP contribution in [0, 0.1) is 11.8 Å².